The van der Waals surface area contributed by atoms with Crippen LogP contribution in [-0.4, -0.2) is 50.2 Å². The third kappa shape index (κ3) is 2.80. The van der Waals surface area contributed by atoms with Crippen LogP contribution >= 0.6 is 0 Å². The zero-order valence-corrected chi connectivity index (χ0v) is 13.3. The summed E-state index contributed by atoms with van der Waals surface area (Å²) in [6.07, 6.45) is 2.36. The quantitative estimate of drug-likeness (QED) is 0.796. The molecular formula is C17H17N5O2. The number of ether oxygens (including phenoxy) is 1. The number of aryl methyl sites for hydroxylation is 1. The zero-order valence-electron chi connectivity index (χ0n) is 13.3. The Labute approximate surface area is 138 Å². The van der Waals surface area contributed by atoms with Crippen LogP contribution in [0, 0.1) is 6.92 Å². The lowest BCUT2D eigenvalue weighted by atomic mass is 10.2. The van der Waals surface area contributed by atoms with E-state index in [9.17, 15) is 4.79 Å². The van der Waals surface area contributed by atoms with E-state index in [0.717, 1.165) is 23.1 Å². The molecule has 24 heavy (non-hydrogen) atoms. The molecule has 1 amide bonds. The van der Waals surface area contributed by atoms with E-state index >= 15 is 0 Å². The largest absolute Gasteiger partial charge is 0.471 e. The van der Waals surface area contributed by atoms with Gasteiger partial charge in [0.15, 0.2) is 0 Å². The Morgan fingerprint density at radius 3 is 3.04 bits per heavy atom. The molecule has 1 N–H and O–H groups in total. The van der Waals surface area contributed by atoms with Gasteiger partial charge in [-0.25, -0.2) is 4.98 Å². The standard InChI is InChI=1S/C17H17N5O2/c1-11-2-5-16(21-20-11)24-13-6-7-22(9-13)17(23)12-3-4-14-15(8-12)19-10-18-14/h2-5,8,10,13H,6-7,9H2,1H3,(H,18,19)/t13-/m0/s1. The molecule has 1 aliphatic rings. The smallest absolute Gasteiger partial charge is 0.254 e. The van der Waals surface area contributed by atoms with E-state index in [0.29, 0.717) is 24.5 Å². The Hall–Kier alpha value is -2.96. The number of likely N-dealkylation sites (tertiary alicyclic amines) is 1. The van der Waals surface area contributed by atoms with Crippen molar-refractivity contribution in [1.82, 2.24) is 25.1 Å². The fourth-order valence-electron chi connectivity index (χ4n) is 2.88. The molecule has 0 aliphatic carbocycles. The van der Waals surface area contributed by atoms with Gasteiger partial charge in [-0.2, -0.15) is 5.10 Å². The maximum atomic E-state index is 12.7. The molecule has 0 unspecified atom stereocenters. The van der Waals surface area contributed by atoms with Gasteiger partial charge < -0.3 is 14.6 Å². The first-order valence-electron chi connectivity index (χ1n) is 7.88. The van der Waals surface area contributed by atoms with Gasteiger partial charge in [-0.15, -0.1) is 5.10 Å². The van der Waals surface area contributed by atoms with Crippen LogP contribution in [0.2, 0.25) is 0 Å². The molecule has 0 bridgehead atoms. The van der Waals surface area contributed by atoms with Gasteiger partial charge in [-0.3, -0.25) is 4.79 Å². The predicted molar refractivity (Wildman–Crippen MR) is 87.8 cm³/mol. The van der Waals surface area contributed by atoms with Crippen LogP contribution in [0.5, 0.6) is 5.88 Å². The average Bonchev–Trinajstić information content (AvgIpc) is 3.24. The van der Waals surface area contributed by atoms with Gasteiger partial charge in [0.1, 0.15) is 6.10 Å². The van der Waals surface area contributed by atoms with Crippen LogP contribution in [-0.2, 0) is 0 Å². The van der Waals surface area contributed by atoms with Crippen LogP contribution in [0.25, 0.3) is 11.0 Å². The minimum absolute atomic E-state index is 0.00703. The number of carbonyl (C=O) groups is 1. The van der Waals surface area contributed by atoms with Crippen molar-refractivity contribution >= 4 is 16.9 Å². The fraction of sp³-hybridized carbons (Fsp3) is 0.294. The van der Waals surface area contributed by atoms with Gasteiger partial charge >= 0.3 is 0 Å². The lowest BCUT2D eigenvalue weighted by Crippen LogP contribution is -2.31. The molecule has 122 valence electrons. The van der Waals surface area contributed by atoms with Crippen LogP contribution in [0.1, 0.15) is 22.5 Å². The van der Waals surface area contributed by atoms with Crippen molar-refractivity contribution in [3.8, 4) is 5.88 Å². The first-order chi connectivity index (χ1) is 11.7. The minimum Gasteiger partial charge on any atom is -0.471 e. The Morgan fingerprint density at radius 1 is 1.29 bits per heavy atom. The number of benzene rings is 1. The second kappa shape index (κ2) is 5.92. The molecule has 0 saturated carbocycles. The van der Waals surface area contributed by atoms with Crippen molar-refractivity contribution in [2.24, 2.45) is 0 Å². The summed E-state index contributed by atoms with van der Waals surface area (Å²) in [5.74, 6) is 0.506. The van der Waals surface area contributed by atoms with Crippen molar-refractivity contribution in [3.05, 3.63) is 47.9 Å². The van der Waals surface area contributed by atoms with Crippen LogP contribution in [0.15, 0.2) is 36.7 Å². The summed E-state index contributed by atoms with van der Waals surface area (Å²) in [6.45, 7) is 3.10. The zero-order chi connectivity index (χ0) is 16.5. The Bertz CT molecular complexity index is 874. The Kier molecular flexibility index (Phi) is 3.60. The number of H-pyrrole nitrogens is 1. The normalized spacial score (nSPS) is 17.4. The highest BCUT2D eigenvalue weighted by Crippen LogP contribution is 2.20. The molecule has 0 spiro atoms. The number of carbonyl (C=O) groups excluding carboxylic acids is 1. The van der Waals surface area contributed by atoms with Crippen molar-refractivity contribution < 1.29 is 9.53 Å². The summed E-state index contributed by atoms with van der Waals surface area (Å²) in [7, 11) is 0. The molecule has 3 heterocycles. The molecule has 1 aromatic carbocycles. The number of amides is 1. The molecule has 4 rings (SSSR count). The number of rotatable bonds is 3. The number of aromatic amines is 1. The molecule has 1 saturated heterocycles. The fourth-order valence-corrected chi connectivity index (χ4v) is 2.88. The van der Waals surface area contributed by atoms with Crippen molar-refractivity contribution in [3.63, 3.8) is 0 Å². The summed E-state index contributed by atoms with van der Waals surface area (Å²) in [6, 6.07) is 9.17. The highest BCUT2D eigenvalue weighted by Gasteiger charge is 2.28. The molecule has 1 aliphatic heterocycles. The lowest BCUT2D eigenvalue weighted by molar-refractivity contribution is 0.0771. The highest BCUT2D eigenvalue weighted by atomic mass is 16.5. The molecule has 7 heteroatoms. The van der Waals surface area contributed by atoms with Crippen LogP contribution < -0.4 is 4.74 Å². The predicted octanol–water partition coefficient (Wildman–Crippen LogP) is 1.95. The number of hydrogen-bond acceptors (Lipinski definition) is 5. The van der Waals surface area contributed by atoms with Gasteiger partial charge in [0.25, 0.3) is 5.91 Å². The second-order valence-corrected chi connectivity index (χ2v) is 5.93. The molecular weight excluding hydrogens is 306 g/mol. The summed E-state index contributed by atoms with van der Waals surface area (Å²) in [4.78, 5) is 21.7. The van der Waals surface area contributed by atoms with Gasteiger partial charge in [-0.05, 0) is 31.2 Å². The Balaban J connectivity index is 1.43. The lowest BCUT2D eigenvalue weighted by Gasteiger charge is -2.17. The number of aromatic nitrogens is 4. The average molecular weight is 323 g/mol. The molecule has 1 fully saturated rings. The number of imidazole rings is 1. The molecule has 1 atom stereocenters. The van der Waals surface area contributed by atoms with Crippen LogP contribution in [0.4, 0.5) is 0 Å². The molecule has 2 aromatic heterocycles. The maximum Gasteiger partial charge on any atom is 0.254 e. The summed E-state index contributed by atoms with van der Waals surface area (Å²) < 4.78 is 5.82. The highest BCUT2D eigenvalue weighted by molar-refractivity contribution is 5.97. The summed E-state index contributed by atoms with van der Waals surface area (Å²) in [5.41, 5.74) is 3.22. The monoisotopic (exact) mass is 323 g/mol. The van der Waals surface area contributed by atoms with Crippen molar-refractivity contribution in [2.75, 3.05) is 13.1 Å². The summed E-state index contributed by atoms with van der Waals surface area (Å²) in [5, 5.41) is 7.99. The first kappa shape index (κ1) is 14.6. The minimum atomic E-state index is -0.0539. The van der Waals surface area contributed by atoms with Gasteiger partial charge in [0.05, 0.1) is 29.6 Å². The third-order valence-corrected chi connectivity index (χ3v) is 4.16. The third-order valence-electron chi connectivity index (χ3n) is 4.16. The Morgan fingerprint density at radius 2 is 2.21 bits per heavy atom. The van der Waals surface area contributed by atoms with E-state index in [-0.39, 0.29) is 12.0 Å². The number of hydrogen-bond donors (Lipinski definition) is 1. The SMILES string of the molecule is Cc1ccc(O[C@H]2CCN(C(=O)c3ccc4nc[nH]c4c3)C2)nn1. The maximum absolute atomic E-state index is 12.7. The van der Waals surface area contributed by atoms with E-state index in [2.05, 4.69) is 20.2 Å². The van der Waals surface area contributed by atoms with Gasteiger partial charge in [0.2, 0.25) is 5.88 Å². The van der Waals surface area contributed by atoms with Crippen molar-refractivity contribution in [1.29, 1.82) is 0 Å². The number of nitrogens with one attached hydrogen (secondary N) is 1. The second-order valence-electron chi connectivity index (χ2n) is 5.93. The van der Waals surface area contributed by atoms with Gasteiger partial charge in [0, 0.05) is 24.6 Å². The van der Waals surface area contributed by atoms with E-state index in [1.807, 2.05) is 36.1 Å². The van der Waals surface area contributed by atoms with Crippen molar-refractivity contribution in [2.45, 2.75) is 19.4 Å². The molecule has 7 nitrogen and oxygen atoms in total. The van der Waals surface area contributed by atoms with E-state index in [4.69, 9.17) is 4.74 Å². The molecule has 0 radical (unpaired) electrons. The van der Waals surface area contributed by atoms with E-state index in [1.54, 1.807) is 12.4 Å². The van der Waals surface area contributed by atoms with Gasteiger partial charge in [-0.1, -0.05) is 0 Å². The summed E-state index contributed by atoms with van der Waals surface area (Å²) >= 11 is 0. The number of fused-ring (bicyclic) bond motifs is 1. The van der Waals surface area contributed by atoms with E-state index in [1.165, 1.54) is 0 Å². The van der Waals surface area contributed by atoms with Crippen LogP contribution in [0.3, 0.4) is 0 Å². The first-order valence-corrected chi connectivity index (χ1v) is 7.88. The van der Waals surface area contributed by atoms with E-state index < -0.39 is 0 Å². The topological polar surface area (TPSA) is 84.0 Å². The molecule has 3 aromatic rings. The number of nitrogens with zero attached hydrogens (tertiary/aromatic N) is 4.